The maximum Gasteiger partial charge on any atom is 0.244 e. The first-order valence-corrected chi connectivity index (χ1v) is 7.76. The van der Waals surface area contributed by atoms with Gasteiger partial charge in [-0.25, -0.2) is 4.98 Å². The molecule has 1 heterocycles. The van der Waals surface area contributed by atoms with Gasteiger partial charge in [0.15, 0.2) is 0 Å². The zero-order valence-electron chi connectivity index (χ0n) is 13.1. The van der Waals surface area contributed by atoms with E-state index in [1.807, 2.05) is 30.3 Å². The fraction of sp³-hybridized carbons (Fsp3) is 0.105. The van der Waals surface area contributed by atoms with Crippen molar-refractivity contribution in [1.82, 2.24) is 15.3 Å². The first kappa shape index (κ1) is 15.7. The van der Waals surface area contributed by atoms with Gasteiger partial charge in [-0.2, -0.15) is 0 Å². The first-order valence-electron chi connectivity index (χ1n) is 7.76. The van der Waals surface area contributed by atoms with E-state index in [-0.39, 0.29) is 5.91 Å². The molecule has 0 fully saturated rings. The monoisotopic (exact) mass is 318 g/mol. The number of nitrogens with zero attached hydrogens (tertiary/aromatic N) is 2. The number of hydrogen-bond acceptors (Lipinski definition) is 4. The Morgan fingerprint density at radius 2 is 1.92 bits per heavy atom. The van der Waals surface area contributed by atoms with Crippen LogP contribution in [0.4, 0.5) is 5.82 Å². The Bertz CT molecular complexity index is 841. The van der Waals surface area contributed by atoms with E-state index < -0.39 is 0 Å². The lowest BCUT2D eigenvalue weighted by Crippen LogP contribution is -2.27. The second kappa shape index (κ2) is 7.87. The van der Waals surface area contributed by atoms with Crippen LogP contribution >= 0.6 is 0 Å². The number of nitrogens with one attached hydrogen (secondary N) is 2. The molecule has 0 atom stereocenters. The van der Waals surface area contributed by atoms with Crippen molar-refractivity contribution in [3.8, 4) is 0 Å². The van der Waals surface area contributed by atoms with Crippen LogP contribution in [0.5, 0.6) is 0 Å². The Labute approximate surface area is 140 Å². The molecular weight excluding hydrogens is 300 g/mol. The van der Waals surface area contributed by atoms with Crippen molar-refractivity contribution in [2.75, 3.05) is 18.4 Å². The molecule has 0 aliphatic carbocycles. The molecule has 120 valence electrons. The minimum absolute atomic E-state index is 0.121. The summed E-state index contributed by atoms with van der Waals surface area (Å²) in [5, 5.41) is 8.21. The van der Waals surface area contributed by atoms with E-state index in [1.165, 1.54) is 0 Å². The highest BCUT2D eigenvalue weighted by Crippen LogP contribution is 2.19. The molecule has 1 amide bonds. The van der Waals surface area contributed by atoms with Gasteiger partial charge in [-0.3, -0.25) is 9.78 Å². The molecule has 0 spiro atoms. The lowest BCUT2D eigenvalue weighted by molar-refractivity contribution is -0.116. The van der Waals surface area contributed by atoms with Crippen LogP contribution in [-0.4, -0.2) is 29.0 Å². The Balaban J connectivity index is 1.52. The summed E-state index contributed by atoms with van der Waals surface area (Å²) in [5.41, 5.74) is 1.03. The quantitative estimate of drug-likeness (QED) is 0.542. The summed E-state index contributed by atoms with van der Waals surface area (Å²) in [6.07, 6.45) is 8.28. The number of aromatic nitrogens is 2. The number of anilines is 1. The molecule has 2 aromatic carbocycles. The number of rotatable bonds is 6. The van der Waals surface area contributed by atoms with Crippen molar-refractivity contribution in [3.05, 3.63) is 72.7 Å². The van der Waals surface area contributed by atoms with Crippen molar-refractivity contribution in [3.63, 3.8) is 0 Å². The molecule has 0 bridgehead atoms. The van der Waals surface area contributed by atoms with Gasteiger partial charge in [0, 0.05) is 31.6 Å². The molecule has 1 aromatic heterocycles. The number of carbonyl (C=O) groups is 1. The first-order chi connectivity index (χ1) is 11.8. The lowest BCUT2D eigenvalue weighted by Gasteiger charge is -2.05. The van der Waals surface area contributed by atoms with Gasteiger partial charge < -0.3 is 10.6 Å². The van der Waals surface area contributed by atoms with Gasteiger partial charge in [0.2, 0.25) is 5.91 Å². The van der Waals surface area contributed by atoms with Crippen molar-refractivity contribution in [2.24, 2.45) is 0 Å². The third kappa shape index (κ3) is 4.16. The molecule has 2 N–H and O–H groups in total. The van der Waals surface area contributed by atoms with E-state index in [9.17, 15) is 4.79 Å². The molecule has 0 saturated heterocycles. The van der Waals surface area contributed by atoms with Crippen molar-refractivity contribution in [2.45, 2.75) is 0 Å². The number of fused-ring (bicyclic) bond motifs is 1. The Hall–Kier alpha value is -3.21. The van der Waals surface area contributed by atoms with Crippen LogP contribution in [0, 0.1) is 0 Å². The third-order valence-electron chi connectivity index (χ3n) is 3.53. The molecule has 0 aliphatic rings. The van der Waals surface area contributed by atoms with Crippen LogP contribution in [0.1, 0.15) is 5.56 Å². The predicted octanol–water partition coefficient (Wildman–Crippen LogP) is 2.87. The van der Waals surface area contributed by atoms with E-state index in [0.717, 1.165) is 16.3 Å². The topological polar surface area (TPSA) is 66.9 Å². The summed E-state index contributed by atoms with van der Waals surface area (Å²) < 4.78 is 0. The standard InChI is InChI=1S/C19H18N4O/c24-19(23-13-12-22-18-14-20-10-11-21-18)9-8-16-6-3-5-15-4-1-2-7-17(15)16/h1-11,14H,12-13H2,(H,21,22)(H,23,24)/b9-8+. The van der Waals surface area contributed by atoms with E-state index in [0.29, 0.717) is 18.9 Å². The van der Waals surface area contributed by atoms with Gasteiger partial charge in [-0.1, -0.05) is 42.5 Å². The van der Waals surface area contributed by atoms with Gasteiger partial charge in [0.25, 0.3) is 0 Å². The van der Waals surface area contributed by atoms with Crippen LogP contribution in [0.2, 0.25) is 0 Å². The second-order valence-electron chi connectivity index (χ2n) is 5.21. The molecule has 5 nitrogen and oxygen atoms in total. The molecule has 0 radical (unpaired) electrons. The summed E-state index contributed by atoms with van der Waals surface area (Å²) in [5.74, 6) is 0.571. The number of benzene rings is 2. The van der Waals surface area contributed by atoms with Gasteiger partial charge in [0.05, 0.1) is 6.20 Å². The smallest absolute Gasteiger partial charge is 0.244 e. The number of amides is 1. The molecule has 3 aromatic rings. The van der Waals surface area contributed by atoms with E-state index >= 15 is 0 Å². The highest BCUT2D eigenvalue weighted by molar-refractivity contribution is 5.96. The van der Waals surface area contributed by atoms with Crippen molar-refractivity contribution in [1.29, 1.82) is 0 Å². The summed E-state index contributed by atoms with van der Waals surface area (Å²) in [6, 6.07) is 14.2. The van der Waals surface area contributed by atoms with E-state index in [2.05, 4.69) is 38.8 Å². The average molecular weight is 318 g/mol. The Morgan fingerprint density at radius 3 is 2.79 bits per heavy atom. The van der Waals surface area contributed by atoms with Crippen molar-refractivity contribution >= 4 is 28.6 Å². The average Bonchev–Trinajstić information content (AvgIpc) is 2.64. The zero-order valence-corrected chi connectivity index (χ0v) is 13.1. The maximum absolute atomic E-state index is 11.9. The molecule has 24 heavy (non-hydrogen) atoms. The lowest BCUT2D eigenvalue weighted by atomic mass is 10.0. The minimum atomic E-state index is -0.121. The largest absolute Gasteiger partial charge is 0.367 e. The van der Waals surface area contributed by atoms with Gasteiger partial charge in [-0.05, 0) is 22.4 Å². The highest BCUT2D eigenvalue weighted by Gasteiger charge is 1.99. The predicted molar refractivity (Wildman–Crippen MR) is 96.5 cm³/mol. The van der Waals surface area contributed by atoms with Crippen LogP contribution in [-0.2, 0) is 4.79 Å². The molecule has 0 saturated carbocycles. The van der Waals surface area contributed by atoms with E-state index in [4.69, 9.17) is 0 Å². The normalized spacial score (nSPS) is 10.8. The number of hydrogen-bond donors (Lipinski definition) is 2. The van der Waals surface area contributed by atoms with Crippen LogP contribution in [0.25, 0.3) is 16.8 Å². The maximum atomic E-state index is 11.9. The second-order valence-corrected chi connectivity index (χ2v) is 5.21. The van der Waals surface area contributed by atoms with Gasteiger partial charge in [-0.15, -0.1) is 0 Å². The Kier molecular flexibility index (Phi) is 5.14. The van der Waals surface area contributed by atoms with Crippen molar-refractivity contribution < 1.29 is 4.79 Å². The van der Waals surface area contributed by atoms with Crippen LogP contribution in [0.3, 0.4) is 0 Å². The fourth-order valence-electron chi connectivity index (χ4n) is 2.39. The molecular formula is C19H18N4O. The Morgan fingerprint density at radius 1 is 1.04 bits per heavy atom. The molecule has 5 heteroatoms. The molecule has 0 aliphatic heterocycles. The summed E-state index contributed by atoms with van der Waals surface area (Å²) in [7, 11) is 0. The van der Waals surface area contributed by atoms with Gasteiger partial charge >= 0.3 is 0 Å². The van der Waals surface area contributed by atoms with Crippen LogP contribution < -0.4 is 10.6 Å². The summed E-state index contributed by atoms with van der Waals surface area (Å²) in [6.45, 7) is 1.10. The van der Waals surface area contributed by atoms with E-state index in [1.54, 1.807) is 24.7 Å². The van der Waals surface area contributed by atoms with Crippen LogP contribution in [0.15, 0.2) is 67.1 Å². The molecule has 0 unspecified atom stereocenters. The number of carbonyl (C=O) groups excluding carboxylic acids is 1. The fourth-order valence-corrected chi connectivity index (χ4v) is 2.39. The van der Waals surface area contributed by atoms with Gasteiger partial charge in [0.1, 0.15) is 5.82 Å². The third-order valence-corrected chi connectivity index (χ3v) is 3.53. The SMILES string of the molecule is O=C(/C=C/c1cccc2ccccc12)NCCNc1cnccn1. The molecule has 3 rings (SSSR count). The summed E-state index contributed by atoms with van der Waals surface area (Å²) in [4.78, 5) is 20.0. The zero-order chi connectivity index (χ0) is 16.6. The summed E-state index contributed by atoms with van der Waals surface area (Å²) >= 11 is 0. The minimum Gasteiger partial charge on any atom is -0.367 e. The highest BCUT2D eigenvalue weighted by atomic mass is 16.1.